The molecule has 2 aromatic rings. The molecule has 1 heterocycles. The average molecular weight is 381 g/mol. The molecule has 0 fully saturated rings. The summed E-state index contributed by atoms with van der Waals surface area (Å²) in [5, 5.41) is 0. The Bertz CT molecular complexity index is 924. The Morgan fingerprint density at radius 2 is 1.92 bits per heavy atom. The van der Waals surface area contributed by atoms with E-state index in [1.807, 2.05) is 36.4 Å². The maximum Gasteiger partial charge on any atom is 0.174 e. The van der Waals surface area contributed by atoms with Crippen LogP contribution in [0.5, 0.6) is 5.75 Å². The lowest BCUT2D eigenvalue weighted by molar-refractivity contribution is -0.117. The standard InChI is InChI=1S/C20H13BrO3/c21-15-6-3-5-13(9-15)20(23)16-10-14-8-12-4-1-2-7-18(12)24-19(14)11-17(16)22/h1-9,11,16H,10H2. The van der Waals surface area contributed by atoms with Crippen molar-refractivity contribution in [2.45, 2.75) is 6.42 Å². The van der Waals surface area contributed by atoms with Gasteiger partial charge in [0, 0.05) is 21.7 Å². The zero-order valence-electron chi connectivity index (χ0n) is 12.7. The SMILES string of the molecule is O=C1C=C2Oc3ccccc3C=C2CC1C(=O)c1cccc(Br)c1. The van der Waals surface area contributed by atoms with Gasteiger partial charge >= 0.3 is 0 Å². The van der Waals surface area contributed by atoms with Gasteiger partial charge in [-0.05, 0) is 36.3 Å². The summed E-state index contributed by atoms with van der Waals surface area (Å²) in [6, 6.07) is 14.8. The second kappa shape index (κ2) is 5.87. The number of carbonyl (C=O) groups excluding carboxylic acids is 2. The van der Waals surface area contributed by atoms with Gasteiger partial charge in [-0.3, -0.25) is 9.59 Å². The zero-order chi connectivity index (χ0) is 16.7. The lowest BCUT2D eigenvalue weighted by Crippen LogP contribution is -2.29. The van der Waals surface area contributed by atoms with Gasteiger partial charge in [0.05, 0.1) is 5.92 Å². The van der Waals surface area contributed by atoms with Crippen molar-refractivity contribution in [1.82, 2.24) is 0 Å². The van der Waals surface area contributed by atoms with E-state index in [1.165, 1.54) is 6.08 Å². The highest BCUT2D eigenvalue weighted by atomic mass is 79.9. The van der Waals surface area contributed by atoms with Crippen LogP contribution in [0.15, 0.2) is 70.4 Å². The van der Waals surface area contributed by atoms with Gasteiger partial charge in [-0.1, -0.05) is 46.3 Å². The first kappa shape index (κ1) is 15.1. The molecule has 0 radical (unpaired) electrons. The van der Waals surface area contributed by atoms with Crippen molar-refractivity contribution in [3.05, 3.63) is 81.5 Å². The lowest BCUT2D eigenvalue weighted by Gasteiger charge is -2.26. The van der Waals surface area contributed by atoms with Crippen LogP contribution in [0.3, 0.4) is 0 Å². The Morgan fingerprint density at radius 1 is 1.08 bits per heavy atom. The van der Waals surface area contributed by atoms with Crippen LogP contribution in [0.4, 0.5) is 0 Å². The number of Topliss-reactive ketones (excluding diaryl/α,β-unsaturated/α-hetero) is 1. The van der Waals surface area contributed by atoms with Crippen molar-refractivity contribution in [1.29, 1.82) is 0 Å². The predicted molar refractivity (Wildman–Crippen MR) is 94.7 cm³/mol. The summed E-state index contributed by atoms with van der Waals surface area (Å²) in [5.41, 5.74) is 2.40. The molecule has 2 aliphatic rings. The molecule has 0 spiro atoms. The van der Waals surface area contributed by atoms with Gasteiger partial charge in [0.2, 0.25) is 0 Å². The summed E-state index contributed by atoms with van der Waals surface area (Å²) in [6.07, 6.45) is 3.81. The highest BCUT2D eigenvalue weighted by Crippen LogP contribution is 2.38. The van der Waals surface area contributed by atoms with Crippen molar-refractivity contribution in [3.8, 4) is 5.75 Å². The van der Waals surface area contributed by atoms with E-state index in [4.69, 9.17) is 4.74 Å². The minimum atomic E-state index is -0.692. The largest absolute Gasteiger partial charge is 0.456 e. The van der Waals surface area contributed by atoms with Crippen LogP contribution in [0.1, 0.15) is 22.3 Å². The van der Waals surface area contributed by atoms with E-state index in [-0.39, 0.29) is 11.6 Å². The molecule has 4 heteroatoms. The second-order valence-corrected chi connectivity index (χ2v) is 6.77. The molecule has 0 saturated heterocycles. The van der Waals surface area contributed by atoms with E-state index >= 15 is 0 Å². The maximum atomic E-state index is 12.7. The smallest absolute Gasteiger partial charge is 0.174 e. The highest BCUT2D eigenvalue weighted by molar-refractivity contribution is 9.10. The fraction of sp³-hybridized carbons (Fsp3) is 0.100. The van der Waals surface area contributed by atoms with Crippen LogP contribution in [0.25, 0.3) is 6.08 Å². The Hall–Kier alpha value is -2.46. The summed E-state index contributed by atoms with van der Waals surface area (Å²) in [5.74, 6) is 0.236. The maximum absolute atomic E-state index is 12.7. The third-order valence-electron chi connectivity index (χ3n) is 4.25. The van der Waals surface area contributed by atoms with E-state index in [2.05, 4.69) is 15.9 Å². The topological polar surface area (TPSA) is 43.4 Å². The molecule has 118 valence electrons. The molecule has 1 aliphatic carbocycles. The molecule has 4 rings (SSSR count). The van der Waals surface area contributed by atoms with E-state index in [9.17, 15) is 9.59 Å². The van der Waals surface area contributed by atoms with Gasteiger partial charge in [0.1, 0.15) is 11.5 Å². The number of para-hydroxylation sites is 1. The number of hydrogen-bond donors (Lipinski definition) is 0. The van der Waals surface area contributed by atoms with Crippen molar-refractivity contribution < 1.29 is 14.3 Å². The van der Waals surface area contributed by atoms with E-state index in [1.54, 1.807) is 18.2 Å². The fourth-order valence-electron chi connectivity index (χ4n) is 3.03. The fourth-order valence-corrected chi connectivity index (χ4v) is 3.43. The van der Waals surface area contributed by atoms with Crippen molar-refractivity contribution in [2.24, 2.45) is 5.92 Å². The van der Waals surface area contributed by atoms with Gasteiger partial charge in [0.25, 0.3) is 0 Å². The Labute approximate surface area is 147 Å². The quantitative estimate of drug-likeness (QED) is 0.565. The van der Waals surface area contributed by atoms with Crippen LogP contribution >= 0.6 is 15.9 Å². The first-order valence-corrected chi connectivity index (χ1v) is 8.44. The molecule has 0 bridgehead atoms. The minimum Gasteiger partial charge on any atom is -0.456 e. The number of rotatable bonds is 2. The Balaban J connectivity index is 1.69. The number of hydrogen-bond acceptors (Lipinski definition) is 3. The van der Waals surface area contributed by atoms with E-state index in [0.717, 1.165) is 21.4 Å². The summed E-state index contributed by atoms with van der Waals surface area (Å²) < 4.78 is 6.63. The predicted octanol–water partition coefficient (Wildman–Crippen LogP) is 4.58. The summed E-state index contributed by atoms with van der Waals surface area (Å²) in [6.45, 7) is 0. The molecule has 0 amide bonds. The molecule has 1 aliphatic heterocycles. The summed E-state index contributed by atoms with van der Waals surface area (Å²) in [7, 11) is 0. The molecule has 1 atom stereocenters. The summed E-state index contributed by atoms with van der Waals surface area (Å²) >= 11 is 3.36. The first-order chi connectivity index (χ1) is 11.6. The molecular weight excluding hydrogens is 368 g/mol. The monoisotopic (exact) mass is 380 g/mol. The molecule has 2 aromatic carbocycles. The van der Waals surface area contributed by atoms with Gasteiger partial charge in [-0.2, -0.15) is 0 Å². The van der Waals surface area contributed by atoms with E-state index in [0.29, 0.717) is 17.7 Å². The van der Waals surface area contributed by atoms with Gasteiger partial charge in [-0.25, -0.2) is 0 Å². The zero-order valence-corrected chi connectivity index (χ0v) is 14.2. The first-order valence-electron chi connectivity index (χ1n) is 7.65. The minimum absolute atomic E-state index is 0.156. The summed E-state index contributed by atoms with van der Waals surface area (Å²) in [4.78, 5) is 25.2. The van der Waals surface area contributed by atoms with Crippen LogP contribution in [0, 0.1) is 5.92 Å². The molecule has 0 saturated carbocycles. The van der Waals surface area contributed by atoms with Crippen LogP contribution in [-0.2, 0) is 4.79 Å². The van der Waals surface area contributed by atoms with Crippen LogP contribution in [0.2, 0.25) is 0 Å². The molecule has 0 N–H and O–H groups in total. The third kappa shape index (κ3) is 2.63. The Morgan fingerprint density at radius 3 is 2.75 bits per heavy atom. The molecule has 1 unspecified atom stereocenters. The highest BCUT2D eigenvalue weighted by Gasteiger charge is 2.34. The number of fused-ring (bicyclic) bond motifs is 2. The van der Waals surface area contributed by atoms with Crippen molar-refractivity contribution in [3.63, 3.8) is 0 Å². The molecule has 24 heavy (non-hydrogen) atoms. The van der Waals surface area contributed by atoms with Crippen LogP contribution < -0.4 is 4.74 Å². The van der Waals surface area contributed by atoms with Crippen LogP contribution in [-0.4, -0.2) is 11.6 Å². The van der Waals surface area contributed by atoms with Crippen molar-refractivity contribution in [2.75, 3.05) is 0 Å². The van der Waals surface area contributed by atoms with Gasteiger partial charge in [0.15, 0.2) is 11.6 Å². The van der Waals surface area contributed by atoms with E-state index < -0.39 is 5.92 Å². The normalized spacial score (nSPS) is 18.7. The number of ether oxygens (including phenoxy) is 1. The lowest BCUT2D eigenvalue weighted by atomic mass is 9.82. The molecule has 0 aromatic heterocycles. The Kier molecular flexibility index (Phi) is 3.69. The second-order valence-electron chi connectivity index (χ2n) is 5.85. The number of ketones is 2. The van der Waals surface area contributed by atoms with Crippen molar-refractivity contribution >= 4 is 33.6 Å². The number of benzene rings is 2. The molecular formula is C20H13BrO3. The molecule has 3 nitrogen and oxygen atoms in total. The number of carbonyl (C=O) groups is 2. The van der Waals surface area contributed by atoms with Gasteiger partial charge in [-0.15, -0.1) is 0 Å². The number of halogens is 1. The third-order valence-corrected chi connectivity index (χ3v) is 4.74. The van der Waals surface area contributed by atoms with Gasteiger partial charge < -0.3 is 4.74 Å². The number of allylic oxidation sites excluding steroid dienone is 2. The average Bonchev–Trinajstić information content (AvgIpc) is 2.59.